The molecule has 0 aliphatic carbocycles. The fourth-order valence-corrected chi connectivity index (χ4v) is 3.36. The molecule has 1 amide bonds. The fourth-order valence-electron chi connectivity index (χ4n) is 3.14. The monoisotopic (exact) mass is 387 g/mol. The van der Waals surface area contributed by atoms with E-state index in [0.717, 1.165) is 44.6 Å². The van der Waals surface area contributed by atoms with Crippen LogP contribution >= 0.6 is 12.2 Å². The molecule has 0 radical (unpaired) electrons. The van der Waals surface area contributed by atoms with Crippen molar-refractivity contribution >= 4 is 23.3 Å². The van der Waals surface area contributed by atoms with Gasteiger partial charge >= 0.3 is 0 Å². The van der Waals surface area contributed by atoms with Crippen molar-refractivity contribution in [3.05, 3.63) is 53.8 Å². The number of allylic oxidation sites excluding steroid dienone is 3. The minimum absolute atomic E-state index is 0.00680. The number of rotatable bonds is 7. The van der Waals surface area contributed by atoms with E-state index in [0.29, 0.717) is 10.9 Å². The molecule has 1 aromatic carbocycles. The number of nitrogens with zero attached hydrogens (tertiary/aromatic N) is 1. The number of nitrogens with one attached hydrogen (secondary N) is 1. The van der Waals surface area contributed by atoms with E-state index in [4.69, 9.17) is 22.7 Å². The third-order valence-electron chi connectivity index (χ3n) is 4.66. The van der Waals surface area contributed by atoms with Gasteiger partial charge in [-0.1, -0.05) is 24.3 Å². The van der Waals surface area contributed by atoms with Gasteiger partial charge in [-0.05, 0) is 75.6 Å². The molecule has 1 aromatic rings. The molecule has 1 atom stereocenters. The average Bonchev–Trinajstić information content (AvgIpc) is 2.67. The lowest BCUT2D eigenvalue weighted by molar-refractivity contribution is -0.123. The van der Waals surface area contributed by atoms with Gasteiger partial charge in [0.25, 0.3) is 5.17 Å². The van der Waals surface area contributed by atoms with E-state index < -0.39 is 0 Å². The first-order valence-electron chi connectivity index (χ1n) is 9.40. The predicted molar refractivity (Wildman–Crippen MR) is 113 cm³/mol. The molecule has 1 fully saturated rings. The summed E-state index contributed by atoms with van der Waals surface area (Å²) in [4.78, 5) is 13.7. The van der Waals surface area contributed by atoms with Gasteiger partial charge in [-0.2, -0.15) is 0 Å². The first-order valence-corrected chi connectivity index (χ1v) is 9.81. The normalized spacial score (nSPS) is 18.4. The van der Waals surface area contributed by atoms with Gasteiger partial charge in [0.15, 0.2) is 0 Å². The second kappa shape index (κ2) is 10.8. The van der Waals surface area contributed by atoms with Crippen LogP contribution in [-0.4, -0.2) is 35.6 Å². The number of carbonyl (C=O) groups excluding carboxylic acids is 1. The van der Waals surface area contributed by atoms with Crippen LogP contribution in [0, 0.1) is 5.92 Å². The Morgan fingerprint density at radius 3 is 2.74 bits per heavy atom. The zero-order chi connectivity index (χ0) is 19.6. The topological polar surface area (TPSA) is 67.6 Å². The minimum atomic E-state index is -0.179. The molecule has 0 spiro atoms. The quantitative estimate of drug-likeness (QED) is 0.556. The molecule has 1 saturated heterocycles. The van der Waals surface area contributed by atoms with Crippen molar-refractivity contribution in [1.29, 1.82) is 0 Å². The third-order valence-corrected chi connectivity index (χ3v) is 4.85. The number of hydrogen-bond donors (Lipinski definition) is 2. The number of ether oxygens (including phenoxy) is 1. The van der Waals surface area contributed by atoms with Crippen LogP contribution in [0.1, 0.15) is 32.3 Å². The Kier molecular flexibility index (Phi) is 8.48. The van der Waals surface area contributed by atoms with Crippen LogP contribution in [0.5, 0.6) is 5.75 Å². The molecular formula is C21H29N3O2S. The second-order valence-electron chi connectivity index (χ2n) is 6.69. The minimum Gasteiger partial charge on any atom is -0.432 e. The Morgan fingerprint density at radius 1 is 1.37 bits per heavy atom. The molecule has 6 heteroatoms. The van der Waals surface area contributed by atoms with Crippen molar-refractivity contribution in [2.24, 2.45) is 11.7 Å². The van der Waals surface area contributed by atoms with Crippen molar-refractivity contribution in [2.75, 3.05) is 19.6 Å². The Labute approximate surface area is 167 Å². The molecule has 1 unspecified atom stereocenters. The molecule has 3 N–H and O–H groups in total. The number of thiocarbonyl (C=S) groups is 1. The molecule has 2 rings (SSSR count). The highest BCUT2D eigenvalue weighted by atomic mass is 32.1. The lowest BCUT2D eigenvalue weighted by Crippen LogP contribution is -2.41. The first kappa shape index (κ1) is 21.1. The summed E-state index contributed by atoms with van der Waals surface area (Å²) >= 11 is 5.24. The predicted octanol–water partition coefficient (Wildman–Crippen LogP) is 3.16. The maximum Gasteiger partial charge on any atom is 0.266 e. The number of primary amides is 1. The number of carbonyl (C=O) groups is 1. The Morgan fingerprint density at radius 2 is 2.11 bits per heavy atom. The second-order valence-corrected chi connectivity index (χ2v) is 7.07. The number of hydrogen-bond acceptors (Lipinski definition) is 4. The third kappa shape index (κ3) is 7.15. The van der Waals surface area contributed by atoms with Crippen LogP contribution < -0.4 is 15.8 Å². The maximum atomic E-state index is 11.4. The smallest absolute Gasteiger partial charge is 0.266 e. The van der Waals surface area contributed by atoms with Crippen molar-refractivity contribution in [1.82, 2.24) is 10.2 Å². The van der Waals surface area contributed by atoms with Crippen LogP contribution in [-0.2, 0) is 11.2 Å². The fraction of sp³-hybridized carbons (Fsp3) is 0.429. The highest BCUT2D eigenvalue weighted by Gasteiger charge is 2.23. The largest absolute Gasteiger partial charge is 0.432 e. The van der Waals surface area contributed by atoms with E-state index >= 15 is 0 Å². The summed E-state index contributed by atoms with van der Waals surface area (Å²) in [6.07, 6.45) is 8.68. The molecule has 27 heavy (non-hydrogen) atoms. The van der Waals surface area contributed by atoms with Crippen LogP contribution in [0.3, 0.4) is 0 Å². The molecule has 1 heterocycles. The number of nitrogens with two attached hydrogens (primary N) is 1. The lowest BCUT2D eigenvalue weighted by atomic mass is 9.97. The Hall–Kier alpha value is -2.18. The number of piperidine rings is 1. The van der Waals surface area contributed by atoms with E-state index in [1.807, 2.05) is 44.2 Å². The number of benzene rings is 1. The van der Waals surface area contributed by atoms with E-state index in [1.165, 1.54) is 5.56 Å². The molecular weight excluding hydrogens is 358 g/mol. The Balaban J connectivity index is 1.81. The Bertz CT molecular complexity index is 698. The zero-order valence-corrected chi connectivity index (χ0v) is 16.9. The molecule has 1 aliphatic heterocycles. The zero-order valence-electron chi connectivity index (χ0n) is 16.1. The molecule has 5 nitrogen and oxygen atoms in total. The van der Waals surface area contributed by atoms with E-state index in [2.05, 4.69) is 22.3 Å². The lowest BCUT2D eigenvalue weighted by Gasteiger charge is -2.31. The van der Waals surface area contributed by atoms with E-state index in [9.17, 15) is 4.79 Å². The summed E-state index contributed by atoms with van der Waals surface area (Å²) in [7, 11) is 0. The van der Waals surface area contributed by atoms with Gasteiger partial charge in [-0.15, -0.1) is 0 Å². The van der Waals surface area contributed by atoms with Crippen LogP contribution in [0.25, 0.3) is 0 Å². The van der Waals surface area contributed by atoms with E-state index in [1.54, 1.807) is 0 Å². The molecule has 0 bridgehead atoms. The maximum absolute atomic E-state index is 11.4. The van der Waals surface area contributed by atoms with Gasteiger partial charge in [-0.25, -0.2) is 0 Å². The summed E-state index contributed by atoms with van der Waals surface area (Å²) in [5.74, 6) is 0.521. The summed E-state index contributed by atoms with van der Waals surface area (Å²) < 4.78 is 5.67. The highest BCUT2D eigenvalue weighted by Crippen LogP contribution is 2.17. The van der Waals surface area contributed by atoms with Gasteiger partial charge in [0.1, 0.15) is 5.75 Å². The van der Waals surface area contributed by atoms with Crippen LogP contribution in [0.15, 0.2) is 48.2 Å². The summed E-state index contributed by atoms with van der Waals surface area (Å²) in [6, 6.07) is 7.96. The summed E-state index contributed by atoms with van der Waals surface area (Å²) in [5, 5.41) is 3.37. The SMILES string of the molecule is C/C=C\C(=C/C)NC(=S)Oc1ccc(CCN2CCCC(C(N)=O)C2)cc1. The van der Waals surface area contributed by atoms with Gasteiger partial charge in [0, 0.05) is 18.8 Å². The van der Waals surface area contributed by atoms with Crippen LogP contribution in [0.2, 0.25) is 0 Å². The summed E-state index contributed by atoms with van der Waals surface area (Å²) in [5.41, 5.74) is 7.57. The van der Waals surface area contributed by atoms with Crippen molar-refractivity contribution in [3.8, 4) is 5.75 Å². The summed E-state index contributed by atoms with van der Waals surface area (Å²) in [6.45, 7) is 6.62. The average molecular weight is 388 g/mol. The number of amides is 1. The molecule has 1 aliphatic rings. The van der Waals surface area contributed by atoms with Gasteiger partial charge in [0.05, 0.1) is 5.92 Å². The van der Waals surface area contributed by atoms with Gasteiger partial charge in [0.2, 0.25) is 5.91 Å². The van der Waals surface area contributed by atoms with Crippen molar-refractivity contribution < 1.29 is 9.53 Å². The van der Waals surface area contributed by atoms with Crippen molar-refractivity contribution in [3.63, 3.8) is 0 Å². The van der Waals surface area contributed by atoms with Crippen LogP contribution in [0.4, 0.5) is 0 Å². The van der Waals surface area contributed by atoms with Gasteiger partial charge in [-0.3, -0.25) is 4.79 Å². The molecule has 0 aromatic heterocycles. The molecule has 0 saturated carbocycles. The number of likely N-dealkylation sites (tertiary alicyclic amines) is 1. The van der Waals surface area contributed by atoms with Gasteiger partial charge < -0.3 is 20.7 Å². The highest BCUT2D eigenvalue weighted by molar-refractivity contribution is 7.80. The molecule has 146 valence electrons. The standard InChI is InChI=1S/C21H29N3O2S/c1-3-6-18(4-2)23-21(27)26-19-10-8-16(9-11-19)12-14-24-13-5-7-17(15-24)20(22)25/h3-4,6,8-11,17H,5,7,12-15H2,1-2H3,(H2,22,25)(H,23,27)/b6-3-,18-4+. The van der Waals surface area contributed by atoms with Crippen molar-refractivity contribution in [2.45, 2.75) is 33.1 Å². The first-order chi connectivity index (χ1) is 13.0. The van der Waals surface area contributed by atoms with E-state index in [-0.39, 0.29) is 11.8 Å².